The van der Waals surface area contributed by atoms with Crippen LogP contribution in [0, 0.1) is 0 Å². The molecule has 2 heteroatoms. The van der Waals surface area contributed by atoms with Crippen molar-refractivity contribution in [3.05, 3.63) is 0 Å². The summed E-state index contributed by atoms with van der Waals surface area (Å²) in [5, 5.41) is 0. The molecule has 0 aromatic carbocycles. The number of hydrogen-bond acceptors (Lipinski definition) is 0. The van der Waals surface area contributed by atoms with Crippen molar-refractivity contribution in [3.63, 3.8) is 0 Å². The zero-order chi connectivity index (χ0) is 13.4. The normalized spacial score (nSPS) is 13.1. The van der Waals surface area contributed by atoms with Crippen LogP contribution in [0.3, 0.4) is 0 Å². The van der Waals surface area contributed by atoms with Gasteiger partial charge in [0.05, 0.1) is 0 Å². The van der Waals surface area contributed by atoms with Crippen LogP contribution in [0.4, 0.5) is 0 Å². The average Bonchev–Trinajstić information content (AvgIpc) is 2.33. The first-order valence-corrected chi connectivity index (χ1v) is 21.1. The van der Waals surface area contributed by atoms with Crippen molar-refractivity contribution in [1.82, 2.24) is 0 Å². The van der Waals surface area contributed by atoms with Crippen molar-refractivity contribution >= 4 is 23.2 Å². The van der Waals surface area contributed by atoms with Crippen molar-refractivity contribution in [3.8, 4) is 0 Å². The zero-order valence-electron chi connectivity index (χ0n) is 13.4. The van der Waals surface area contributed by atoms with E-state index in [2.05, 4.69) is 41.5 Å². The number of rotatable bonds is 10. The Hall–Kier alpha value is 1.02. The third kappa shape index (κ3) is 3.99. The summed E-state index contributed by atoms with van der Waals surface area (Å²) in [6.45, 7) is 14.9. The fourth-order valence-electron chi connectivity index (χ4n) is 4.48. The van der Waals surface area contributed by atoms with E-state index in [-0.39, 0.29) is 0 Å². The van der Waals surface area contributed by atoms with Gasteiger partial charge in [-0.1, -0.05) is 0 Å². The Bertz CT molecular complexity index is 162. The van der Waals surface area contributed by atoms with E-state index in [0.717, 1.165) is 0 Å². The Morgan fingerprint density at radius 1 is 0.588 bits per heavy atom. The second kappa shape index (κ2) is 9.00. The Kier molecular flexibility index (Phi) is 9.54. The van der Waals surface area contributed by atoms with E-state index in [1.165, 1.54) is 19.3 Å². The molecule has 0 saturated carbocycles. The first kappa shape index (κ1) is 18.0. The van der Waals surface area contributed by atoms with Crippen LogP contribution < -0.4 is 0 Å². The summed E-state index contributed by atoms with van der Waals surface area (Å²) in [7, 11) is 0. The molecule has 0 aliphatic heterocycles. The summed E-state index contributed by atoms with van der Waals surface area (Å²) in [4.78, 5) is 0. The summed E-state index contributed by atoms with van der Waals surface area (Å²) in [6.07, 6.45) is 4.39. The molecule has 0 spiro atoms. The zero-order valence-corrected chi connectivity index (χ0v) is 17.2. The van der Waals surface area contributed by atoms with Gasteiger partial charge < -0.3 is 0 Å². The van der Waals surface area contributed by atoms with E-state index < -0.39 is 23.2 Å². The topological polar surface area (TPSA) is 0 Å². The summed E-state index contributed by atoms with van der Waals surface area (Å²) < 4.78 is 4.90. The molecule has 0 unspecified atom stereocenters. The van der Waals surface area contributed by atoms with Gasteiger partial charge in [0.25, 0.3) is 0 Å². The quantitative estimate of drug-likeness (QED) is 0.402. The molecule has 0 bridgehead atoms. The first-order valence-electron chi connectivity index (χ1n) is 8.11. The van der Waals surface area contributed by atoms with Crippen molar-refractivity contribution in [2.75, 3.05) is 0 Å². The van der Waals surface area contributed by atoms with E-state index in [1.54, 1.807) is 31.4 Å². The van der Waals surface area contributed by atoms with Gasteiger partial charge in [-0.25, -0.2) is 0 Å². The van der Waals surface area contributed by atoms with E-state index in [9.17, 15) is 0 Å². The first-order chi connectivity index (χ1) is 8.11. The van der Waals surface area contributed by atoms with Gasteiger partial charge in [0.1, 0.15) is 0 Å². The average molecular weight is 363 g/mol. The van der Waals surface area contributed by atoms with E-state index in [0.29, 0.717) is 0 Å². The molecule has 0 fully saturated rings. The van der Waals surface area contributed by atoms with E-state index in [4.69, 9.17) is 0 Å². The molecule has 0 nitrogen and oxygen atoms in total. The van der Waals surface area contributed by atoms with Crippen molar-refractivity contribution in [2.24, 2.45) is 0 Å². The second-order valence-corrected chi connectivity index (χ2v) is 39.5. The van der Waals surface area contributed by atoms with Crippen molar-refractivity contribution in [2.45, 2.75) is 92.2 Å². The van der Waals surface area contributed by atoms with Gasteiger partial charge in [-0.2, -0.15) is 0 Å². The van der Waals surface area contributed by atoms with Gasteiger partial charge >= 0.3 is 115 Å². The minimum atomic E-state index is -1.77. The molecule has 0 saturated heterocycles. The molecule has 0 heterocycles. The minimum absolute atomic E-state index is 0.865. The van der Waals surface area contributed by atoms with Crippen molar-refractivity contribution < 1.29 is 0 Å². The van der Waals surface area contributed by atoms with Gasteiger partial charge in [0, 0.05) is 0 Å². The molecule has 0 radical (unpaired) electrons. The second-order valence-electron chi connectivity index (χ2n) is 5.87. The molecule has 0 N–H and O–H groups in total. The van der Waals surface area contributed by atoms with E-state index in [1.807, 2.05) is 0 Å². The van der Waals surface area contributed by atoms with E-state index >= 15 is 0 Å². The molecule has 0 rings (SSSR count). The van der Waals surface area contributed by atoms with Gasteiger partial charge in [0.15, 0.2) is 0 Å². The molecular weight excluding hydrogens is 327 g/mol. The van der Waals surface area contributed by atoms with Gasteiger partial charge in [-0.3, -0.25) is 0 Å². The van der Waals surface area contributed by atoms with Gasteiger partial charge in [-0.15, -0.1) is 0 Å². The van der Waals surface area contributed by atoms with Crippen molar-refractivity contribution in [1.29, 1.82) is 0 Å². The molecule has 0 atom stereocenters. The predicted octanol–water partition coefficient (Wildman–Crippen LogP) is 6.25. The molecule has 0 aromatic heterocycles. The maximum atomic E-state index is 2.55. The Balaban J connectivity index is 5.31. The molecule has 0 aliphatic rings. The fourth-order valence-corrected chi connectivity index (χ4v) is 55.5. The van der Waals surface area contributed by atoms with Crippen LogP contribution >= 0.6 is 0 Å². The Morgan fingerprint density at radius 2 is 0.882 bits per heavy atom. The Morgan fingerprint density at radius 3 is 1.06 bits per heavy atom. The van der Waals surface area contributed by atoms with Crippen LogP contribution in [0.1, 0.15) is 60.8 Å². The van der Waals surface area contributed by atoms with Crippen LogP contribution in [-0.2, 0) is 0 Å². The Labute approximate surface area is 115 Å². The van der Waals surface area contributed by atoms with Crippen LogP contribution in [0.25, 0.3) is 0 Å². The molecule has 0 aliphatic carbocycles. The van der Waals surface area contributed by atoms with Crippen LogP contribution in [0.15, 0.2) is 0 Å². The molecular formula is C15H36SiSn. The third-order valence-electron chi connectivity index (χ3n) is 5.34. The van der Waals surface area contributed by atoms with Gasteiger partial charge in [-0.05, 0) is 0 Å². The van der Waals surface area contributed by atoms with Crippen LogP contribution in [0.2, 0.25) is 31.4 Å². The number of hydrogen-bond donors (Lipinski definition) is 0. The van der Waals surface area contributed by atoms with Crippen LogP contribution in [-0.4, -0.2) is 23.2 Å². The SMILES string of the molecule is CCC[Si](CCC)(CCC)[Sn]([CH2]C)([CH2]C)[CH2]C. The van der Waals surface area contributed by atoms with Gasteiger partial charge in [0.2, 0.25) is 0 Å². The summed E-state index contributed by atoms with van der Waals surface area (Å²) in [5.74, 6) is 0. The maximum absolute atomic E-state index is 2.55. The molecule has 17 heavy (non-hydrogen) atoms. The predicted molar refractivity (Wildman–Crippen MR) is 88.2 cm³/mol. The molecule has 0 aromatic rings. The summed E-state index contributed by atoms with van der Waals surface area (Å²) in [6, 6.07) is 5.00. The fraction of sp³-hybridized carbons (Fsp3) is 1.00. The molecule has 0 amide bonds. The monoisotopic (exact) mass is 364 g/mol. The molecule has 104 valence electrons. The van der Waals surface area contributed by atoms with Crippen LogP contribution in [0.5, 0.6) is 0 Å². The summed E-state index contributed by atoms with van der Waals surface area (Å²) in [5.41, 5.74) is -0.865. The standard InChI is InChI=1S/C9H21Si.3C2H5.Sn/c1-4-7-10(8-5-2)9-6-3;3*1-2;/h4-9H2,1-3H3;3*1H2,2H3;. The third-order valence-corrected chi connectivity index (χ3v) is 56.4. The summed E-state index contributed by atoms with van der Waals surface area (Å²) >= 11 is -1.77.